The van der Waals surface area contributed by atoms with Gasteiger partial charge in [-0.25, -0.2) is 14.4 Å². The smallest absolute Gasteiger partial charge is 0.261 e. The number of carbonyl (C=O) groups excluding carboxylic acids is 2. The summed E-state index contributed by atoms with van der Waals surface area (Å²) in [5, 5.41) is 2.94. The van der Waals surface area contributed by atoms with Gasteiger partial charge in [-0.3, -0.25) is 14.5 Å². The van der Waals surface area contributed by atoms with Crippen LogP contribution < -0.4 is 11.1 Å². The first-order valence-corrected chi connectivity index (χ1v) is 9.07. The summed E-state index contributed by atoms with van der Waals surface area (Å²) in [5.74, 6) is -1.03. The Morgan fingerprint density at radius 1 is 1.07 bits per heavy atom. The summed E-state index contributed by atoms with van der Waals surface area (Å²) in [5.41, 5.74) is 7.75. The van der Waals surface area contributed by atoms with E-state index >= 15 is 0 Å². The first kappa shape index (κ1) is 18.7. The van der Waals surface area contributed by atoms with Crippen LogP contribution in [0.5, 0.6) is 0 Å². The molecule has 0 saturated carbocycles. The molecule has 0 aliphatic carbocycles. The summed E-state index contributed by atoms with van der Waals surface area (Å²) in [4.78, 5) is 34.1. The fraction of sp³-hybridized carbons (Fsp3) is 0.143. The number of halogens is 1. The quantitative estimate of drug-likeness (QED) is 0.663. The summed E-state index contributed by atoms with van der Waals surface area (Å²) in [6.07, 6.45) is 2.90. The van der Waals surface area contributed by atoms with Crippen LogP contribution in [0.3, 0.4) is 0 Å². The van der Waals surface area contributed by atoms with Gasteiger partial charge in [-0.2, -0.15) is 0 Å². The van der Waals surface area contributed by atoms with Crippen molar-refractivity contribution in [3.05, 3.63) is 66.2 Å². The van der Waals surface area contributed by atoms with Crippen LogP contribution in [0.25, 0.3) is 22.3 Å². The number of nitrogens with zero attached hydrogens (tertiary/aromatic N) is 3. The van der Waals surface area contributed by atoms with E-state index in [9.17, 15) is 14.0 Å². The van der Waals surface area contributed by atoms with Crippen molar-refractivity contribution in [2.24, 2.45) is 0 Å². The Kier molecular flexibility index (Phi) is 5.01. The minimum absolute atomic E-state index is 0.112. The van der Waals surface area contributed by atoms with E-state index in [1.54, 1.807) is 36.4 Å². The maximum atomic E-state index is 14.8. The Morgan fingerprint density at radius 3 is 2.55 bits per heavy atom. The van der Waals surface area contributed by atoms with Crippen LogP contribution in [0.1, 0.15) is 10.4 Å². The fourth-order valence-corrected chi connectivity index (χ4v) is 3.28. The van der Waals surface area contributed by atoms with E-state index in [4.69, 9.17) is 5.73 Å². The Morgan fingerprint density at radius 2 is 1.83 bits per heavy atom. The summed E-state index contributed by atoms with van der Waals surface area (Å²) < 4.78 is 14.8. The number of nitrogens with one attached hydrogen (secondary N) is 1. The van der Waals surface area contributed by atoms with E-state index in [0.717, 1.165) is 0 Å². The number of benzene rings is 2. The number of nitrogens with two attached hydrogens (primary N) is 1. The molecule has 1 fully saturated rings. The second kappa shape index (κ2) is 7.76. The minimum Gasteiger partial charge on any atom is -0.368 e. The van der Waals surface area contributed by atoms with Crippen molar-refractivity contribution in [3.63, 3.8) is 0 Å². The molecule has 2 amide bonds. The number of hydrogen-bond donors (Lipinski definition) is 2. The predicted octanol–water partition coefficient (Wildman–Crippen LogP) is 2.10. The molecule has 1 aromatic heterocycles. The number of aromatic nitrogens is 2. The molecule has 2 heterocycles. The standard InChI is InChI=1S/C21H18FN5O2/c22-18-9-13(5-6-16(18)14-10-25-21(23)26-11-14)15-3-1-2-4-17(15)20(29)27-8-7-24-12-19(27)28/h1-6,9-11,24H,7-8,12H2,(H2,23,25,26). The van der Waals surface area contributed by atoms with E-state index in [1.165, 1.54) is 23.4 Å². The third kappa shape index (κ3) is 3.70. The molecular weight excluding hydrogens is 373 g/mol. The first-order chi connectivity index (χ1) is 14.0. The van der Waals surface area contributed by atoms with Crippen molar-refractivity contribution in [2.75, 3.05) is 25.4 Å². The highest BCUT2D eigenvalue weighted by Gasteiger charge is 2.27. The largest absolute Gasteiger partial charge is 0.368 e. The van der Waals surface area contributed by atoms with Gasteiger partial charge >= 0.3 is 0 Å². The molecule has 0 unspecified atom stereocenters. The van der Waals surface area contributed by atoms with Crippen LogP contribution in [0.15, 0.2) is 54.9 Å². The van der Waals surface area contributed by atoms with E-state index in [1.807, 2.05) is 0 Å². The summed E-state index contributed by atoms with van der Waals surface area (Å²) in [6.45, 7) is 0.976. The maximum absolute atomic E-state index is 14.8. The van der Waals surface area contributed by atoms with Gasteiger partial charge < -0.3 is 11.1 Å². The zero-order chi connectivity index (χ0) is 20.4. The number of hydrogen-bond acceptors (Lipinski definition) is 6. The summed E-state index contributed by atoms with van der Waals surface area (Å²) in [6, 6.07) is 11.6. The monoisotopic (exact) mass is 391 g/mol. The first-order valence-electron chi connectivity index (χ1n) is 9.07. The third-order valence-electron chi connectivity index (χ3n) is 4.75. The van der Waals surface area contributed by atoms with Crippen LogP contribution in [0.4, 0.5) is 10.3 Å². The fourth-order valence-electron chi connectivity index (χ4n) is 3.28. The van der Waals surface area contributed by atoms with Gasteiger partial charge in [-0.1, -0.05) is 30.3 Å². The molecule has 3 N–H and O–H groups in total. The maximum Gasteiger partial charge on any atom is 0.261 e. The highest BCUT2D eigenvalue weighted by Crippen LogP contribution is 2.30. The molecule has 2 aromatic carbocycles. The van der Waals surface area contributed by atoms with Crippen LogP contribution >= 0.6 is 0 Å². The van der Waals surface area contributed by atoms with Crippen LogP contribution in [0, 0.1) is 5.82 Å². The molecule has 1 aliphatic rings. The topological polar surface area (TPSA) is 101 Å². The number of anilines is 1. The van der Waals surface area contributed by atoms with Gasteiger partial charge in [0.1, 0.15) is 5.82 Å². The molecule has 1 aliphatic heterocycles. The van der Waals surface area contributed by atoms with E-state index < -0.39 is 5.82 Å². The molecule has 4 rings (SSSR count). The third-order valence-corrected chi connectivity index (χ3v) is 4.75. The number of imide groups is 1. The lowest BCUT2D eigenvalue weighted by Gasteiger charge is -2.26. The Balaban J connectivity index is 1.70. The SMILES string of the molecule is Nc1ncc(-c2ccc(-c3ccccc3C(=O)N3CCNCC3=O)cc2F)cn1. The second-order valence-electron chi connectivity index (χ2n) is 6.60. The molecule has 0 radical (unpaired) electrons. The van der Waals surface area contributed by atoms with Gasteiger partial charge in [0.15, 0.2) is 0 Å². The van der Waals surface area contributed by atoms with Crippen molar-refractivity contribution >= 4 is 17.8 Å². The molecular formula is C21H18FN5O2. The molecule has 1 saturated heterocycles. The van der Waals surface area contributed by atoms with Crippen LogP contribution in [-0.2, 0) is 4.79 Å². The highest BCUT2D eigenvalue weighted by molar-refractivity contribution is 6.09. The molecule has 29 heavy (non-hydrogen) atoms. The zero-order valence-corrected chi connectivity index (χ0v) is 15.4. The second-order valence-corrected chi connectivity index (χ2v) is 6.60. The molecule has 0 spiro atoms. The van der Waals surface area contributed by atoms with Crippen molar-refractivity contribution in [2.45, 2.75) is 0 Å². The lowest BCUT2D eigenvalue weighted by atomic mass is 9.96. The van der Waals surface area contributed by atoms with E-state index in [2.05, 4.69) is 15.3 Å². The van der Waals surface area contributed by atoms with Crippen molar-refractivity contribution in [1.29, 1.82) is 0 Å². The predicted molar refractivity (Wildman–Crippen MR) is 106 cm³/mol. The average Bonchev–Trinajstić information content (AvgIpc) is 2.74. The Bertz CT molecular complexity index is 1080. The van der Waals surface area contributed by atoms with Crippen molar-refractivity contribution < 1.29 is 14.0 Å². The van der Waals surface area contributed by atoms with Gasteiger partial charge in [0.05, 0.1) is 6.54 Å². The lowest BCUT2D eigenvalue weighted by Crippen LogP contribution is -2.50. The van der Waals surface area contributed by atoms with Gasteiger partial charge in [0.2, 0.25) is 11.9 Å². The summed E-state index contributed by atoms with van der Waals surface area (Å²) in [7, 11) is 0. The molecule has 0 atom stereocenters. The van der Waals surface area contributed by atoms with Gasteiger partial charge in [0, 0.05) is 42.2 Å². The normalized spacial score (nSPS) is 14.1. The molecule has 146 valence electrons. The van der Waals surface area contributed by atoms with Gasteiger partial charge in [0.25, 0.3) is 5.91 Å². The van der Waals surface area contributed by atoms with Gasteiger partial charge in [-0.15, -0.1) is 0 Å². The molecule has 0 bridgehead atoms. The van der Waals surface area contributed by atoms with Crippen molar-refractivity contribution in [3.8, 4) is 22.3 Å². The van der Waals surface area contributed by atoms with Crippen LogP contribution in [0.2, 0.25) is 0 Å². The molecule has 7 nitrogen and oxygen atoms in total. The highest BCUT2D eigenvalue weighted by atomic mass is 19.1. The lowest BCUT2D eigenvalue weighted by molar-refractivity contribution is -0.129. The number of rotatable bonds is 3. The Labute approximate surface area is 166 Å². The number of piperazine rings is 1. The van der Waals surface area contributed by atoms with Crippen LogP contribution in [-0.4, -0.2) is 46.3 Å². The minimum atomic E-state index is -0.476. The zero-order valence-electron chi connectivity index (χ0n) is 15.4. The van der Waals surface area contributed by atoms with E-state index in [0.29, 0.717) is 40.9 Å². The molecule has 8 heteroatoms. The average molecular weight is 391 g/mol. The number of amides is 2. The Hall–Kier alpha value is -3.65. The van der Waals surface area contributed by atoms with E-state index in [-0.39, 0.29) is 24.3 Å². The van der Waals surface area contributed by atoms with Gasteiger partial charge in [-0.05, 0) is 23.3 Å². The molecule has 3 aromatic rings. The number of nitrogen functional groups attached to an aromatic ring is 1. The number of carbonyl (C=O) groups is 2. The van der Waals surface area contributed by atoms with Crippen molar-refractivity contribution in [1.82, 2.24) is 20.2 Å². The summed E-state index contributed by atoms with van der Waals surface area (Å²) >= 11 is 0.